The van der Waals surface area contributed by atoms with Gasteiger partial charge in [-0.05, 0) is 44.8 Å². The van der Waals surface area contributed by atoms with E-state index in [0.717, 1.165) is 30.9 Å². The molecule has 0 aliphatic heterocycles. The maximum Gasteiger partial charge on any atom is 0.119 e. The van der Waals surface area contributed by atoms with Gasteiger partial charge in [0.1, 0.15) is 5.75 Å². The van der Waals surface area contributed by atoms with Gasteiger partial charge in [-0.2, -0.15) is 0 Å². The van der Waals surface area contributed by atoms with Crippen LogP contribution in [0.5, 0.6) is 5.75 Å². The van der Waals surface area contributed by atoms with Crippen molar-refractivity contribution in [1.82, 2.24) is 4.90 Å². The first kappa shape index (κ1) is 13.6. The Morgan fingerprint density at radius 3 is 2.53 bits per heavy atom. The molecule has 0 atom stereocenters. The van der Waals surface area contributed by atoms with Crippen LogP contribution in [-0.2, 0) is 0 Å². The summed E-state index contributed by atoms with van der Waals surface area (Å²) in [5, 5.41) is 0. The van der Waals surface area contributed by atoms with Gasteiger partial charge in [-0.15, -0.1) is 0 Å². The van der Waals surface area contributed by atoms with Gasteiger partial charge in [0.15, 0.2) is 0 Å². The van der Waals surface area contributed by atoms with Crippen molar-refractivity contribution in [3.8, 4) is 17.6 Å². The summed E-state index contributed by atoms with van der Waals surface area (Å²) in [6.45, 7) is 2.18. The summed E-state index contributed by atoms with van der Waals surface area (Å²) in [5.41, 5.74) is 6.28. The van der Waals surface area contributed by atoms with Crippen molar-refractivity contribution in [2.45, 2.75) is 6.42 Å². The van der Waals surface area contributed by atoms with Gasteiger partial charge < -0.3 is 15.4 Å². The third kappa shape index (κ3) is 5.96. The zero-order valence-electron chi connectivity index (χ0n) is 10.6. The highest BCUT2D eigenvalue weighted by Gasteiger charge is 1.95. The summed E-state index contributed by atoms with van der Waals surface area (Å²) in [6.07, 6.45) is 1.03. The van der Waals surface area contributed by atoms with Crippen molar-refractivity contribution < 1.29 is 4.74 Å². The fraction of sp³-hybridized carbons (Fsp3) is 0.429. The van der Waals surface area contributed by atoms with E-state index >= 15 is 0 Å². The highest BCUT2D eigenvalue weighted by Crippen LogP contribution is 2.11. The molecule has 1 rings (SSSR count). The molecule has 0 radical (unpaired) electrons. The normalized spacial score (nSPS) is 9.88. The summed E-state index contributed by atoms with van der Waals surface area (Å²) >= 11 is 0. The molecule has 0 bridgehead atoms. The van der Waals surface area contributed by atoms with E-state index in [-0.39, 0.29) is 0 Å². The summed E-state index contributed by atoms with van der Waals surface area (Å²) in [7, 11) is 4.12. The molecule has 3 heteroatoms. The van der Waals surface area contributed by atoms with Crippen LogP contribution in [0.15, 0.2) is 24.3 Å². The summed E-state index contributed by atoms with van der Waals surface area (Å²) < 4.78 is 5.62. The van der Waals surface area contributed by atoms with Crippen molar-refractivity contribution >= 4 is 0 Å². The third-order valence-corrected chi connectivity index (χ3v) is 2.21. The van der Waals surface area contributed by atoms with Crippen LogP contribution < -0.4 is 10.5 Å². The lowest BCUT2D eigenvalue weighted by Gasteiger charge is -2.10. The first-order valence-corrected chi connectivity index (χ1v) is 5.79. The van der Waals surface area contributed by atoms with Crippen molar-refractivity contribution in [3.63, 3.8) is 0 Å². The Bertz CT molecular complexity index is 373. The van der Waals surface area contributed by atoms with Gasteiger partial charge in [-0.3, -0.25) is 0 Å². The first-order valence-electron chi connectivity index (χ1n) is 5.79. The van der Waals surface area contributed by atoms with Crippen LogP contribution in [0.1, 0.15) is 12.0 Å². The minimum absolute atomic E-state index is 0.392. The van der Waals surface area contributed by atoms with Gasteiger partial charge in [0.05, 0.1) is 13.2 Å². The van der Waals surface area contributed by atoms with Crippen molar-refractivity contribution in [2.75, 3.05) is 33.8 Å². The van der Waals surface area contributed by atoms with Gasteiger partial charge in [0, 0.05) is 12.1 Å². The molecule has 0 amide bonds. The highest BCUT2D eigenvalue weighted by molar-refractivity contribution is 5.38. The van der Waals surface area contributed by atoms with E-state index < -0.39 is 0 Å². The molecule has 1 aromatic carbocycles. The Morgan fingerprint density at radius 1 is 1.24 bits per heavy atom. The van der Waals surface area contributed by atoms with E-state index in [1.54, 1.807) is 0 Å². The predicted octanol–water partition coefficient (Wildman–Crippen LogP) is 1.33. The quantitative estimate of drug-likeness (QED) is 0.615. The molecule has 0 unspecified atom stereocenters. The Hall–Kier alpha value is -1.50. The number of hydrogen-bond donors (Lipinski definition) is 1. The molecule has 0 saturated carbocycles. The number of nitrogens with zero attached hydrogens (tertiary/aromatic N) is 1. The van der Waals surface area contributed by atoms with E-state index in [1.807, 2.05) is 24.3 Å². The maximum atomic E-state index is 5.62. The SMILES string of the molecule is CN(C)CCCOc1ccc(C#CCN)cc1. The van der Waals surface area contributed by atoms with Gasteiger partial charge in [-0.1, -0.05) is 11.8 Å². The molecular weight excluding hydrogens is 212 g/mol. The highest BCUT2D eigenvalue weighted by atomic mass is 16.5. The second kappa shape index (κ2) is 7.72. The smallest absolute Gasteiger partial charge is 0.119 e. The van der Waals surface area contributed by atoms with E-state index in [2.05, 4.69) is 30.8 Å². The molecule has 0 aliphatic rings. The van der Waals surface area contributed by atoms with Gasteiger partial charge in [0.25, 0.3) is 0 Å². The Kier molecular flexibility index (Phi) is 6.16. The van der Waals surface area contributed by atoms with Crippen LogP contribution in [-0.4, -0.2) is 38.7 Å². The predicted molar refractivity (Wildman–Crippen MR) is 71.0 cm³/mol. The summed E-state index contributed by atoms with van der Waals surface area (Å²) in [6, 6.07) is 7.78. The lowest BCUT2D eigenvalue weighted by molar-refractivity contribution is 0.281. The van der Waals surface area contributed by atoms with E-state index in [1.165, 1.54) is 0 Å². The van der Waals surface area contributed by atoms with E-state index in [9.17, 15) is 0 Å². The van der Waals surface area contributed by atoms with Crippen LogP contribution in [0.3, 0.4) is 0 Å². The van der Waals surface area contributed by atoms with Crippen molar-refractivity contribution in [2.24, 2.45) is 5.73 Å². The minimum atomic E-state index is 0.392. The standard InChI is InChI=1S/C14H20N2O/c1-16(2)11-4-12-17-14-8-6-13(7-9-14)5-3-10-15/h6-9H,4,10-12,15H2,1-2H3. The number of hydrogen-bond acceptors (Lipinski definition) is 3. The monoisotopic (exact) mass is 232 g/mol. The summed E-state index contributed by atoms with van der Waals surface area (Å²) in [5.74, 6) is 6.69. The number of nitrogens with two attached hydrogens (primary N) is 1. The molecular formula is C14H20N2O. The topological polar surface area (TPSA) is 38.5 Å². The fourth-order valence-corrected chi connectivity index (χ4v) is 1.36. The Morgan fingerprint density at radius 2 is 1.94 bits per heavy atom. The summed E-state index contributed by atoms with van der Waals surface area (Å²) in [4.78, 5) is 2.15. The van der Waals surface area contributed by atoms with E-state index in [4.69, 9.17) is 10.5 Å². The lowest BCUT2D eigenvalue weighted by atomic mass is 10.2. The second-order valence-electron chi connectivity index (χ2n) is 4.04. The van der Waals surface area contributed by atoms with Crippen LogP contribution in [0.25, 0.3) is 0 Å². The Balaban J connectivity index is 2.35. The maximum absolute atomic E-state index is 5.62. The zero-order chi connectivity index (χ0) is 12.5. The molecule has 0 aliphatic carbocycles. The molecule has 0 saturated heterocycles. The molecule has 0 aromatic heterocycles. The fourth-order valence-electron chi connectivity index (χ4n) is 1.36. The van der Waals surface area contributed by atoms with Crippen molar-refractivity contribution in [1.29, 1.82) is 0 Å². The number of benzene rings is 1. The van der Waals surface area contributed by atoms with E-state index in [0.29, 0.717) is 6.54 Å². The average Bonchev–Trinajstić information content (AvgIpc) is 2.33. The van der Waals surface area contributed by atoms with Crippen LogP contribution in [0, 0.1) is 11.8 Å². The number of ether oxygens (including phenoxy) is 1. The van der Waals surface area contributed by atoms with Crippen LogP contribution in [0.4, 0.5) is 0 Å². The molecule has 1 aromatic rings. The van der Waals surface area contributed by atoms with Gasteiger partial charge in [-0.25, -0.2) is 0 Å². The first-order chi connectivity index (χ1) is 8.22. The zero-order valence-corrected chi connectivity index (χ0v) is 10.6. The molecule has 0 heterocycles. The molecule has 0 fully saturated rings. The largest absolute Gasteiger partial charge is 0.494 e. The average molecular weight is 232 g/mol. The van der Waals surface area contributed by atoms with Crippen LogP contribution in [0.2, 0.25) is 0 Å². The lowest BCUT2D eigenvalue weighted by Crippen LogP contribution is -2.15. The molecule has 3 nitrogen and oxygen atoms in total. The number of rotatable bonds is 5. The minimum Gasteiger partial charge on any atom is -0.494 e. The second-order valence-corrected chi connectivity index (χ2v) is 4.04. The van der Waals surface area contributed by atoms with Gasteiger partial charge >= 0.3 is 0 Å². The third-order valence-electron chi connectivity index (χ3n) is 2.21. The molecule has 92 valence electrons. The molecule has 2 N–H and O–H groups in total. The molecule has 0 spiro atoms. The van der Waals surface area contributed by atoms with Gasteiger partial charge in [0.2, 0.25) is 0 Å². The van der Waals surface area contributed by atoms with Crippen molar-refractivity contribution in [3.05, 3.63) is 29.8 Å². The Labute approximate surface area is 104 Å². The van der Waals surface area contributed by atoms with Crippen LogP contribution >= 0.6 is 0 Å². The molecule has 17 heavy (non-hydrogen) atoms.